The molecule has 1 aliphatic rings. The van der Waals surface area contributed by atoms with Gasteiger partial charge in [-0.2, -0.15) is 0 Å². The lowest BCUT2D eigenvalue weighted by Crippen LogP contribution is -2.08. The Morgan fingerprint density at radius 2 is 2.00 bits per heavy atom. The molecule has 1 aliphatic heterocycles. The van der Waals surface area contributed by atoms with Crippen LogP contribution in [0.4, 0.5) is 17.1 Å². The maximum atomic E-state index is 4.69. The summed E-state index contributed by atoms with van der Waals surface area (Å²) >= 11 is 1.67. The fourth-order valence-electron chi connectivity index (χ4n) is 2.16. The second-order valence-corrected chi connectivity index (χ2v) is 5.49. The molecule has 0 amide bonds. The Hall–Kier alpha value is -2.47. The number of benzene rings is 2. The van der Waals surface area contributed by atoms with Gasteiger partial charge in [0.15, 0.2) is 4.80 Å². The monoisotopic (exact) mass is 280 g/mol. The van der Waals surface area contributed by atoms with Gasteiger partial charge in [0.2, 0.25) is 0 Å². The molecule has 0 unspecified atom stereocenters. The number of aromatic nitrogens is 1. The van der Waals surface area contributed by atoms with Gasteiger partial charge in [-0.25, -0.2) is 4.99 Å². The average molecular weight is 280 g/mol. The van der Waals surface area contributed by atoms with Crippen molar-refractivity contribution in [3.8, 4) is 0 Å². The summed E-state index contributed by atoms with van der Waals surface area (Å²) in [4.78, 5) is 5.65. The number of rotatable bonds is 1. The van der Waals surface area contributed by atoms with Crippen molar-refractivity contribution in [3.63, 3.8) is 0 Å². The number of hydrogen-bond acceptors (Lipinski definition) is 4. The maximum Gasteiger partial charge on any atom is 0.190 e. The lowest BCUT2D eigenvalue weighted by atomic mass is 10.2. The van der Waals surface area contributed by atoms with Crippen molar-refractivity contribution >= 4 is 38.6 Å². The van der Waals surface area contributed by atoms with E-state index in [4.69, 9.17) is 4.99 Å². The summed E-state index contributed by atoms with van der Waals surface area (Å²) in [5.74, 6) is 0. The summed E-state index contributed by atoms with van der Waals surface area (Å²) < 4.78 is 3.32. The van der Waals surface area contributed by atoms with E-state index in [1.54, 1.807) is 11.3 Å². The van der Waals surface area contributed by atoms with Crippen molar-refractivity contribution in [1.82, 2.24) is 9.99 Å². The lowest BCUT2D eigenvalue weighted by molar-refractivity contribution is 0.910. The molecule has 0 spiro atoms. The Morgan fingerprint density at radius 3 is 2.90 bits per heavy atom. The zero-order valence-corrected chi connectivity index (χ0v) is 11.5. The fraction of sp³-hybridized carbons (Fsp3) is 0.0714. The standard InChI is InChI=1S/C14H10N5S/c1-19-12-4-2-3-5-13(12)20-14(19)15-9-6-7-10-11(8-9)17-18-16-10/h2-8H,1H3/b15-14-. The molecule has 4 rings (SSSR count). The van der Waals surface area contributed by atoms with E-state index < -0.39 is 0 Å². The second-order valence-electron chi connectivity index (χ2n) is 4.49. The van der Waals surface area contributed by atoms with Crippen LogP contribution in [0.3, 0.4) is 0 Å². The molecule has 5 nitrogen and oxygen atoms in total. The normalized spacial score (nSPS) is 13.8. The highest BCUT2D eigenvalue weighted by Gasteiger charge is 2.09. The minimum Gasteiger partial charge on any atom is -0.320 e. The zero-order chi connectivity index (χ0) is 13.5. The Bertz CT molecular complexity index is 903. The van der Waals surface area contributed by atoms with E-state index in [2.05, 4.69) is 32.5 Å². The van der Waals surface area contributed by atoms with Gasteiger partial charge < -0.3 is 4.57 Å². The van der Waals surface area contributed by atoms with E-state index in [1.165, 1.54) is 10.2 Å². The highest BCUT2D eigenvalue weighted by molar-refractivity contribution is 7.16. The summed E-state index contributed by atoms with van der Waals surface area (Å²) in [6.07, 6.45) is 0. The quantitative estimate of drug-likeness (QED) is 0.652. The molecule has 20 heavy (non-hydrogen) atoms. The first kappa shape index (κ1) is 11.4. The van der Waals surface area contributed by atoms with Crippen molar-refractivity contribution in [2.24, 2.45) is 22.4 Å². The number of fused-ring (bicyclic) bond motifs is 2. The first-order valence-electron chi connectivity index (χ1n) is 6.16. The Morgan fingerprint density at radius 1 is 1.10 bits per heavy atom. The highest BCUT2D eigenvalue weighted by atomic mass is 32.1. The smallest absolute Gasteiger partial charge is 0.190 e. The molecule has 2 aromatic carbocycles. The minimum absolute atomic E-state index is 0.773. The van der Waals surface area contributed by atoms with Crippen molar-refractivity contribution in [2.75, 3.05) is 0 Å². The van der Waals surface area contributed by atoms with Crippen LogP contribution in [-0.2, 0) is 7.05 Å². The van der Waals surface area contributed by atoms with Crippen LogP contribution >= 0.6 is 11.3 Å². The predicted octanol–water partition coefficient (Wildman–Crippen LogP) is 3.72. The zero-order valence-electron chi connectivity index (χ0n) is 10.7. The number of para-hydroxylation sites is 1. The topological polar surface area (TPSA) is 56.1 Å². The summed E-state index contributed by atoms with van der Waals surface area (Å²) in [7, 11) is 2.03. The number of nitrogens with zero attached hydrogens (tertiary/aromatic N) is 5. The van der Waals surface area contributed by atoms with E-state index >= 15 is 0 Å². The van der Waals surface area contributed by atoms with Crippen LogP contribution in [0.1, 0.15) is 0 Å². The Labute approximate surface area is 118 Å². The Kier molecular flexibility index (Phi) is 2.43. The molecule has 0 saturated carbocycles. The molecule has 0 saturated heterocycles. The van der Waals surface area contributed by atoms with Crippen LogP contribution < -0.4 is 10.2 Å². The van der Waals surface area contributed by atoms with Gasteiger partial charge in [0, 0.05) is 7.05 Å². The molecule has 0 aliphatic carbocycles. The number of hydrogen-bond donors (Lipinski definition) is 0. The molecule has 97 valence electrons. The van der Waals surface area contributed by atoms with Crippen LogP contribution in [-0.4, -0.2) is 4.57 Å². The molecule has 1 aromatic heterocycles. The van der Waals surface area contributed by atoms with Crippen LogP contribution in [0.25, 0.3) is 10.2 Å². The fourth-order valence-corrected chi connectivity index (χ4v) is 3.20. The SMILES string of the molecule is Cn1/c(=N/c2ccc3c(c2)[N]N=N3)sc2ccccc21. The maximum absolute atomic E-state index is 4.69. The number of thiazole rings is 1. The molecule has 6 heteroatoms. The summed E-state index contributed by atoms with van der Waals surface area (Å²) in [5.41, 5.74) is 7.58. The summed E-state index contributed by atoms with van der Waals surface area (Å²) in [6.45, 7) is 0. The largest absolute Gasteiger partial charge is 0.320 e. The van der Waals surface area contributed by atoms with Crippen molar-refractivity contribution < 1.29 is 0 Å². The summed E-state index contributed by atoms with van der Waals surface area (Å²) in [6, 6.07) is 14.0. The van der Waals surface area contributed by atoms with E-state index in [0.29, 0.717) is 0 Å². The van der Waals surface area contributed by atoms with Gasteiger partial charge in [-0.3, -0.25) is 0 Å². The van der Waals surface area contributed by atoms with Gasteiger partial charge in [-0.1, -0.05) is 23.5 Å². The van der Waals surface area contributed by atoms with E-state index in [9.17, 15) is 0 Å². The van der Waals surface area contributed by atoms with Crippen LogP contribution in [0.15, 0.2) is 57.8 Å². The third kappa shape index (κ3) is 1.73. The van der Waals surface area contributed by atoms with Crippen LogP contribution in [0.5, 0.6) is 0 Å². The van der Waals surface area contributed by atoms with Gasteiger partial charge in [0.25, 0.3) is 0 Å². The first-order chi connectivity index (χ1) is 9.81. The first-order valence-corrected chi connectivity index (χ1v) is 6.98. The van der Waals surface area contributed by atoms with E-state index in [-0.39, 0.29) is 0 Å². The predicted molar refractivity (Wildman–Crippen MR) is 78.8 cm³/mol. The lowest BCUT2D eigenvalue weighted by Gasteiger charge is -1.97. The average Bonchev–Trinajstić information content (AvgIpc) is 3.05. The van der Waals surface area contributed by atoms with Crippen LogP contribution in [0.2, 0.25) is 0 Å². The third-order valence-corrected chi connectivity index (χ3v) is 4.32. The second kappa shape index (κ2) is 4.28. The molecular weight excluding hydrogens is 270 g/mol. The van der Waals surface area contributed by atoms with Crippen molar-refractivity contribution in [3.05, 3.63) is 47.3 Å². The minimum atomic E-state index is 0.773. The molecule has 0 N–H and O–H groups in total. The molecule has 3 aromatic rings. The molecule has 0 bridgehead atoms. The molecular formula is C14H10N5S. The van der Waals surface area contributed by atoms with Gasteiger partial charge >= 0.3 is 0 Å². The Balaban J connectivity index is 1.88. The molecule has 2 heterocycles. The van der Waals surface area contributed by atoms with Gasteiger partial charge in [-0.05, 0) is 35.6 Å². The van der Waals surface area contributed by atoms with E-state index in [1.807, 2.05) is 37.4 Å². The number of aryl methyl sites for hydroxylation is 1. The van der Waals surface area contributed by atoms with Crippen molar-refractivity contribution in [2.45, 2.75) is 0 Å². The highest BCUT2D eigenvalue weighted by Crippen LogP contribution is 2.33. The van der Waals surface area contributed by atoms with Gasteiger partial charge in [0.1, 0.15) is 11.4 Å². The molecule has 1 radical (unpaired) electrons. The van der Waals surface area contributed by atoms with Gasteiger partial charge in [0.05, 0.1) is 15.9 Å². The molecule has 0 atom stereocenters. The van der Waals surface area contributed by atoms with E-state index in [0.717, 1.165) is 21.9 Å². The van der Waals surface area contributed by atoms with Gasteiger partial charge in [-0.15, -0.1) is 10.5 Å². The molecule has 0 fully saturated rings. The van der Waals surface area contributed by atoms with Crippen molar-refractivity contribution in [1.29, 1.82) is 0 Å². The van der Waals surface area contributed by atoms with Crippen LogP contribution in [0, 0.1) is 0 Å². The summed E-state index contributed by atoms with van der Waals surface area (Å²) in [5, 5.41) is 7.57. The third-order valence-electron chi connectivity index (χ3n) is 3.20.